The number of carbonyl (C=O) groups excluding carboxylic acids is 1. The molecule has 2 aromatic rings. The van der Waals surface area contributed by atoms with Crippen molar-refractivity contribution < 1.29 is 14.4 Å². The highest BCUT2D eigenvalue weighted by molar-refractivity contribution is 5.97. The van der Waals surface area contributed by atoms with E-state index in [0.29, 0.717) is 18.1 Å². The largest absolute Gasteiger partial charge is 0.489 e. The van der Waals surface area contributed by atoms with Crippen LogP contribution in [0.5, 0.6) is 5.75 Å². The number of aromatic nitrogens is 1. The first-order valence-electron chi connectivity index (χ1n) is 9.47. The second-order valence-corrected chi connectivity index (χ2v) is 6.99. The highest BCUT2D eigenvalue weighted by Crippen LogP contribution is 2.16. The number of carbonyl (C=O) groups is 1. The third-order valence-corrected chi connectivity index (χ3v) is 4.77. The van der Waals surface area contributed by atoms with Gasteiger partial charge in [0.05, 0.1) is 0 Å². The maximum absolute atomic E-state index is 12.1. The summed E-state index contributed by atoms with van der Waals surface area (Å²) in [5, 5.41) is 3.87. The van der Waals surface area contributed by atoms with Crippen molar-refractivity contribution in [3.05, 3.63) is 59.9 Å². The third-order valence-electron chi connectivity index (χ3n) is 4.77. The normalized spacial score (nSPS) is 15.3. The Hall–Kier alpha value is -3.09. The number of hydrogen-bond acceptors (Lipinski definition) is 5. The number of pyridine rings is 1. The summed E-state index contributed by atoms with van der Waals surface area (Å²) < 4.78 is 5.71. The molecule has 1 aromatic heterocycles. The molecule has 1 amide bonds. The lowest BCUT2D eigenvalue weighted by molar-refractivity contribution is -0.137. The van der Waals surface area contributed by atoms with Crippen molar-refractivity contribution in [2.75, 3.05) is 19.7 Å². The fraction of sp³-hybridized carbons (Fsp3) is 0.381. The van der Waals surface area contributed by atoms with E-state index in [0.717, 1.165) is 37.2 Å². The standard InChI is InChI=1S/C21H26N4O3/c1-16-8-11-25(12-9-16)20(26)15-28-24-21(22)18-4-6-19(7-5-18)27-14-17-3-2-10-23-13-17/h2-7,10,13,16H,8-9,11-12,14-15H2,1H3,(H2,22,24). The Morgan fingerprint density at radius 3 is 2.68 bits per heavy atom. The van der Waals surface area contributed by atoms with Crippen LogP contribution in [0.15, 0.2) is 53.9 Å². The Bertz CT molecular complexity index is 785. The molecule has 7 nitrogen and oxygen atoms in total. The van der Waals surface area contributed by atoms with Crippen molar-refractivity contribution in [3.63, 3.8) is 0 Å². The predicted octanol–water partition coefficient (Wildman–Crippen LogP) is 2.56. The minimum Gasteiger partial charge on any atom is -0.489 e. The second kappa shape index (κ2) is 9.73. The van der Waals surface area contributed by atoms with Crippen molar-refractivity contribution >= 4 is 11.7 Å². The number of benzene rings is 1. The van der Waals surface area contributed by atoms with Crippen molar-refractivity contribution in [3.8, 4) is 5.75 Å². The topological polar surface area (TPSA) is 90.0 Å². The number of rotatable bonds is 7. The molecule has 0 atom stereocenters. The molecule has 0 radical (unpaired) electrons. The summed E-state index contributed by atoms with van der Waals surface area (Å²) in [4.78, 5) is 23.2. The van der Waals surface area contributed by atoms with Gasteiger partial charge in [-0.25, -0.2) is 0 Å². The third kappa shape index (κ3) is 5.70. The number of amides is 1. The molecule has 0 bridgehead atoms. The smallest absolute Gasteiger partial charge is 0.263 e. The maximum Gasteiger partial charge on any atom is 0.263 e. The van der Waals surface area contributed by atoms with E-state index in [-0.39, 0.29) is 18.3 Å². The van der Waals surface area contributed by atoms with Gasteiger partial charge in [-0.15, -0.1) is 0 Å². The molecule has 3 rings (SSSR count). The van der Waals surface area contributed by atoms with Gasteiger partial charge in [0.15, 0.2) is 12.4 Å². The van der Waals surface area contributed by atoms with E-state index in [4.69, 9.17) is 15.3 Å². The number of hydrogen-bond donors (Lipinski definition) is 1. The molecule has 7 heteroatoms. The van der Waals surface area contributed by atoms with Gasteiger partial charge in [-0.3, -0.25) is 9.78 Å². The molecule has 0 saturated carbocycles. The van der Waals surface area contributed by atoms with Crippen LogP contribution >= 0.6 is 0 Å². The zero-order chi connectivity index (χ0) is 19.8. The van der Waals surface area contributed by atoms with Crippen LogP contribution in [0, 0.1) is 5.92 Å². The Morgan fingerprint density at radius 2 is 2.00 bits per heavy atom. The lowest BCUT2D eigenvalue weighted by Gasteiger charge is -2.29. The van der Waals surface area contributed by atoms with Gasteiger partial charge < -0.3 is 20.2 Å². The predicted molar refractivity (Wildman–Crippen MR) is 107 cm³/mol. The summed E-state index contributed by atoms with van der Waals surface area (Å²) in [5.41, 5.74) is 7.64. The first kappa shape index (κ1) is 19.7. The second-order valence-electron chi connectivity index (χ2n) is 6.99. The van der Waals surface area contributed by atoms with Crippen molar-refractivity contribution in [1.82, 2.24) is 9.88 Å². The number of nitrogens with two attached hydrogens (primary N) is 1. The van der Waals surface area contributed by atoms with E-state index in [1.807, 2.05) is 29.2 Å². The Balaban J connectivity index is 1.45. The first-order chi connectivity index (χ1) is 13.6. The number of nitrogens with zero attached hydrogens (tertiary/aromatic N) is 3. The van der Waals surface area contributed by atoms with Crippen molar-refractivity contribution in [1.29, 1.82) is 0 Å². The number of oxime groups is 1. The van der Waals surface area contributed by atoms with E-state index in [1.165, 1.54) is 0 Å². The molecular weight excluding hydrogens is 356 g/mol. The lowest BCUT2D eigenvalue weighted by Crippen LogP contribution is -2.39. The zero-order valence-electron chi connectivity index (χ0n) is 16.1. The molecule has 2 heterocycles. The minimum absolute atomic E-state index is 0.0531. The minimum atomic E-state index is -0.0958. The molecule has 1 fully saturated rings. The number of piperidine rings is 1. The van der Waals surface area contributed by atoms with E-state index in [1.54, 1.807) is 24.5 Å². The molecule has 0 unspecified atom stereocenters. The van der Waals surface area contributed by atoms with Crippen LogP contribution < -0.4 is 10.5 Å². The van der Waals surface area contributed by atoms with E-state index < -0.39 is 0 Å². The Labute approximate surface area is 165 Å². The van der Waals surface area contributed by atoms with Crippen LogP contribution in [0.3, 0.4) is 0 Å². The molecule has 1 aliphatic heterocycles. The molecule has 0 spiro atoms. The van der Waals surface area contributed by atoms with Crippen LogP contribution in [0.2, 0.25) is 0 Å². The summed E-state index contributed by atoms with van der Waals surface area (Å²) in [5.74, 6) is 1.56. The van der Waals surface area contributed by atoms with Gasteiger partial charge in [-0.05, 0) is 49.1 Å². The number of ether oxygens (including phenoxy) is 1. The zero-order valence-corrected chi connectivity index (χ0v) is 16.1. The molecular formula is C21H26N4O3. The Kier molecular flexibility index (Phi) is 6.84. The fourth-order valence-corrected chi connectivity index (χ4v) is 2.93. The molecule has 148 valence electrons. The molecule has 2 N–H and O–H groups in total. The first-order valence-corrected chi connectivity index (χ1v) is 9.47. The quantitative estimate of drug-likeness (QED) is 0.452. The molecule has 28 heavy (non-hydrogen) atoms. The molecule has 0 aliphatic carbocycles. The summed E-state index contributed by atoms with van der Waals surface area (Å²) in [7, 11) is 0. The highest BCUT2D eigenvalue weighted by Gasteiger charge is 2.20. The highest BCUT2D eigenvalue weighted by atomic mass is 16.6. The number of likely N-dealkylation sites (tertiary alicyclic amines) is 1. The molecule has 1 aromatic carbocycles. The van der Waals surface area contributed by atoms with Crippen molar-refractivity contribution in [2.45, 2.75) is 26.4 Å². The molecule has 1 saturated heterocycles. The van der Waals surface area contributed by atoms with E-state index >= 15 is 0 Å². The monoisotopic (exact) mass is 382 g/mol. The van der Waals surface area contributed by atoms with Crippen LogP contribution in [-0.2, 0) is 16.2 Å². The SMILES string of the molecule is CC1CCN(C(=O)CON=C(N)c2ccc(OCc3cccnc3)cc2)CC1. The van der Waals surface area contributed by atoms with Gasteiger partial charge in [-0.2, -0.15) is 0 Å². The lowest BCUT2D eigenvalue weighted by atomic mass is 9.99. The molecule has 1 aliphatic rings. The summed E-state index contributed by atoms with van der Waals surface area (Å²) in [6, 6.07) is 11.1. The van der Waals surface area contributed by atoms with Gasteiger partial charge in [0, 0.05) is 36.6 Å². The summed E-state index contributed by atoms with van der Waals surface area (Å²) in [6.45, 7) is 4.11. The summed E-state index contributed by atoms with van der Waals surface area (Å²) >= 11 is 0. The summed E-state index contributed by atoms with van der Waals surface area (Å²) in [6.07, 6.45) is 5.56. The van der Waals surface area contributed by atoms with E-state index in [9.17, 15) is 4.79 Å². The van der Waals surface area contributed by atoms with Crippen LogP contribution in [-0.4, -0.2) is 41.3 Å². The van der Waals surface area contributed by atoms with Gasteiger partial charge in [0.25, 0.3) is 5.91 Å². The van der Waals surface area contributed by atoms with Gasteiger partial charge >= 0.3 is 0 Å². The van der Waals surface area contributed by atoms with Crippen LogP contribution in [0.4, 0.5) is 0 Å². The average molecular weight is 382 g/mol. The van der Waals surface area contributed by atoms with Gasteiger partial charge in [0.1, 0.15) is 12.4 Å². The Morgan fingerprint density at radius 1 is 1.25 bits per heavy atom. The van der Waals surface area contributed by atoms with Crippen molar-refractivity contribution in [2.24, 2.45) is 16.8 Å². The number of amidine groups is 1. The van der Waals surface area contributed by atoms with Gasteiger partial charge in [-0.1, -0.05) is 18.1 Å². The van der Waals surface area contributed by atoms with E-state index in [2.05, 4.69) is 17.1 Å². The average Bonchev–Trinajstić information content (AvgIpc) is 2.73. The maximum atomic E-state index is 12.1. The van der Waals surface area contributed by atoms with Crippen LogP contribution in [0.1, 0.15) is 30.9 Å². The fourth-order valence-electron chi connectivity index (χ4n) is 2.93. The van der Waals surface area contributed by atoms with Gasteiger partial charge in [0.2, 0.25) is 0 Å². The van der Waals surface area contributed by atoms with Crippen LogP contribution in [0.25, 0.3) is 0 Å².